The molecule has 2 saturated carbocycles. The first-order valence-electron chi connectivity index (χ1n) is 10.6. The average Bonchev–Trinajstić information content (AvgIpc) is 3.52. The normalized spacial score (nSPS) is 28.0. The van der Waals surface area contributed by atoms with Crippen molar-refractivity contribution < 1.29 is 29.1 Å². The number of hydrogen-bond donors (Lipinski definition) is 1. The van der Waals surface area contributed by atoms with Crippen molar-refractivity contribution in [1.29, 1.82) is 0 Å². The van der Waals surface area contributed by atoms with Crippen LogP contribution in [0.25, 0.3) is 0 Å². The Kier molecular flexibility index (Phi) is 3.75. The lowest BCUT2D eigenvalue weighted by atomic mass is 9.81. The molecule has 0 radical (unpaired) electrons. The first-order chi connectivity index (χ1) is 15.4. The van der Waals surface area contributed by atoms with Gasteiger partial charge in [-0.05, 0) is 73.6 Å². The quantitative estimate of drug-likeness (QED) is 0.750. The van der Waals surface area contributed by atoms with Crippen molar-refractivity contribution in [1.82, 2.24) is 0 Å². The molecule has 160 valence electrons. The minimum absolute atomic E-state index is 0.0344. The Hall–Kier alpha value is -3.81. The lowest BCUT2D eigenvalue weighted by Gasteiger charge is -2.19. The van der Waals surface area contributed by atoms with Crippen molar-refractivity contribution >= 4 is 41.0 Å². The molecule has 4 atom stereocenters. The molecular weight excluding hydrogens is 412 g/mol. The number of carbonyl (C=O) groups excluding carboxylic acids is 4. The zero-order chi connectivity index (χ0) is 22.3. The lowest BCUT2D eigenvalue weighted by molar-refractivity contribution is -0.123. The summed E-state index contributed by atoms with van der Waals surface area (Å²) in [7, 11) is 0. The zero-order valence-electron chi connectivity index (χ0n) is 16.9. The number of imide groups is 2. The van der Waals surface area contributed by atoms with Crippen LogP contribution in [0.4, 0.5) is 11.4 Å². The van der Waals surface area contributed by atoms with Crippen molar-refractivity contribution in [3.63, 3.8) is 0 Å². The molecule has 1 saturated heterocycles. The molecule has 6 rings (SSSR count). The van der Waals surface area contributed by atoms with Gasteiger partial charge >= 0.3 is 5.97 Å². The summed E-state index contributed by atoms with van der Waals surface area (Å²) in [4.78, 5) is 65.1. The van der Waals surface area contributed by atoms with Crippen molar-refractivity contribution in [2.75, 3.05) is 9.80 Å². The van der Waals surface area contributed by atoms with E-state index in [9.17, 15) is 24.0 Å². The Morgan fingerprint density at radius 1 is 0.750 bits per heavy atom. The average molecular weight is 430 g/mol. The highest BCUT2D eigenvalue weighted by Gasteiger charge is 2.61. The van der Waals surface area contributed by atoms with E-state index < -0.39 is 17.8 Å². The van der Waals surface area contributed by atoms with Crippen LogP contribution in [0.5, 0.6) is 0 Å². The molecule has 4 unspecified atom stereocenters. The summed E-state index contributed by atoms with van der Waals surface area (Å²) in [5, 5.41) is 9.15. The summed E-state index contributed by atoms with van der Waals surface area (Å²) in [6.07, 6.45) is 2.96. The number of fused-ring (bicyclic) bond motifs is 6. The second-order valence-corrected chi connectivity index (χ2v) is 8.92. The topological polar surface area (TPSA) is 112 Å². The minimum atomic E-state index is -1.19. The van der Waals surface area contributed by atoms with Gasteiger partial charge in [-0.1, -0.05) is 0 Å². The molecule has 2 aliphatic carbocycles. The first kappa shape index (κ1) is 18.9. The Morgan fingerprint density at radius 3 is 1.84 bits per heavy atom. The van der Waals surface area contributed by atoms with Crippen LogP contribution in [0, 0.1) is 23.7 Å². The maximum Gasteiger partial charge on any atom is 0.335 e. The van der Waals surface area contributed by atoms with Gasteiger partial charge in [0.15, 0.2) is 0 Å². The molecule has 2 heterocycles. The van der Waals surface area contributed by atoms with Gasteiger partial charge in [-0.2, -0.15) is 0 Å². The molecule has 1 N–H and O–H groups in total. The van der Waals surface area contributed by atoms with Crippen molar-refractivity contribution in [2.24, 2.45) is 23.7 Å². The molecular formula is C24H18N2O6. The van der Waals surface area contributed by atoms with E-state index in [4.69, 9.17) is 5.11 Å². The number of carboxylic acids is 1. The van der Waals surface area contributed by atoms with E-state index in [1.54, 1.807) is 12.1 Å². The van der Waals surface area contributed by atoms with Gasteiger partial charge in [-0.25, -0.2) is 9.69 Å². The maximum atomic E-state index is 13.0. The molecule has 32 heavy (non-hydrogen) atoms. The molecule has 2 bridgehead atoms. The number of rotatable bonds is 3. The largest absolute Gasteiger partial charge is 0.478 e. The van der Waals surface area contributed by atoms with Crippen LogP contribution in [-0.2, 0) is 9.59 Å². The molecule has 2 aliphatic heterocycles. The summed E-state index contributed by atoms with van der Waals surface area (Å²) >= 11 is 0. The van der Waals surface area contributed by atoms with Crippen molar-refractivity contribution in [3.05, 3.63) is 59.2 Å². The van der Waals surface area contributed by atoms with Crippen molar-refractivity contribution in [3.8, 4) is 0 Å². The van der Waals surface area contributed by atoms with Gasteiger partial charge < -0.3 is 5.11 Å². The number of benzene rings is 2. The lowest BCUT2D eigenvalue weighted by Crippen LogP contribution is -2.33. The van der Waals surface area contributed by atoms with E-state index >= 15 is 0 Å². The number of nitrogens with zero attached hydrogens (tertiary/aromatic N) is 2. The summed E-state index contributed by atoms with van der Waals surface area (Å²) in [6.45, 7) is 0. The Bertz CT molecular complexity index is 1220. The number of amides is 4. The molecule has 4 amide bonds. The van der Waals surface area contributed by atoms with Crippen LogP contribution in [-0.4, -0.2) is 34.7 Å². The number of anilines is 2. The monoisotopic (exact) mass is 430 g/mol. The fraction of sp³-hybridized carbons (Fsp3) is 0.292. The van der Waals surface area contributed by atoms with E-state index in [2.05, 4.69) is 0 Å². The highest BCUT2D eigenvalue weighted by atomic mass is 16.4. The van der Waals surface area contributed by atoms with Crippen LogP contribution < -0.4 is 9.80 Å². The van der Waals surface area contributed by atoms with Gasteiger partial charge in [-0.3, -0.25) is 24.1 Å². The van der Waals surface area contributed by atoms with Crippen LogP contribution in [0.3, 0.4) is 0 Å². The standard InChI is InChI=1S/C24H18N2O6/c27-20-16-8-3-13(24(31)32)10-17(16)21(28)25(20)14-4-6-15(7-5-14)26-22(29)18-11-1-2-12(9-11)19(18)23(26)30/h3-8,10-12,18-19H,1-2,9H2,(H,31,32). The predicted molar refractivity (Wildman–Crippen MR) is 111 cm³/mol. The molecule has 8 nitrogen and oxygen atoms in total. The molecule has 8 heteroatoms. The third-order valence-electron chi connectivity index (χ3n) is 7.43. The third kappa shape index (κ3) is 2.34. The highest BCUT2D eigenvalue weighted by molar-refractivity contribution is 6.34. The van der Waals surface area contributed by atoms with E-state index in [-0.39, 0.29) is 46.0 Å². The Morgan fingerprint density at radius 2 is 1.28 bits per heavy atom. The number of carboxylic acid groups (broad SMARTS) is 1. The van der Waals surface area contributed by atoms with Gasteiger partial charge in [-0.15, -0.1) is 0 Å². The van der Waals surface area contributed by atoms with Gasteiger partial charge in [0, 0.05) is 0 Å². The Balaban J connectivity index is 1.29. The number of carbonyl (C=O) groups is 5. The summed E-state index contributed by atoms with van der Waals surface area (Å²) in [6, 6.07) is 10.0. The first-order valence-corrected chi connectivity index (χ1v) is 10.6. The minimum Gasteiger partial charge on any atom is -0.478 e. The van der Waals surface area contributed by atoms with Gasteiger partial charge in [0.25, 0.3) is 11.8 Å². The molecule has 2 aromatic rings. The second kappa shape index (κ2) is 6.35. The molecule has 4 aliphatic rings. The van der Waals surface area contributed by atoms with E-state index in [0.717, 1.165) is 24.2 Å². The van der Waals surface area contributed by atoms with Gasteiger partial charge in [0.1, 0.15) is 0 Å². The fourth-order valence-corrected chi connectivity index (χ4v) is 6.02. The number of aromatic carboxylic acids is 1. The molecule has 0 spiro atoms. The Labute approximate surface area is 182 Å². The van der Waals surface area contributed by atoms with Crippen LogP contribution in [0.1, 0.15) is 50.3 Å². The smallest absolute Gasteiger partial charge is 0.335 e. The van der Waals surface area contributed by atoms with Crippen LogP contribution in [0.15, 0.2) is 42.5 Å². The van der Waals surface area contributed by atoms with E-state index in [1.807, 2.05) is 0 Å². The summed E-state index contributed by atoms with van der Waals surface area (Å²) < 4.78 is 0. The van der Waals surface area contributed by atoms with Crippen molar-refractivity contribution in [2.45, 2.75) is 19.3 Å². The van der Waals surface area contributed by atoms with E-state index in [0.29, 0.717) is 17.5 Å². The number of hydrogen-bond acceptors (Lipinski definition) is 5. The van der Waals surface area contributed by atoms with Gasteiger partial charge in [0.2, 0.25) is 11.8 Å². The predicted octanol–water partition coefficient (Wildman–Crippen LogP) is 2.72. The highest BCUT2D eigenvalue weighted by Crippen LogP contribution is 2.56. The molecule has 3 fully saturated rings. The summed E-state index contributed by atoms with van der Waals surface area (Å²) in [5.74, 6) is -2.51. The maximum absolute atomic E-state index is 13.0. The van der Waals surface area contributed by atoms with Crippen LogP contribution in [0.2, 0.25) is 0 Å². The van der Waals surface area contributed by atoms with E-state index in [1.165, 1.54) is 35.2 Å². The summed E-state index contributed by atoms with van der Waals surface area (Å²) in [5.41, 5.74) is 0.815. The molecule has 2 aromatic carbocycles. The third-order valence-corrected chi connectivity index (χ3v) is 7.43. The zero-order valence-corrected chi connectivity index (χ0v) is 16.9. The fourth-order valence-electron chi connectivity index (χ4n) is 6.02. The van der Waals surface area contributed by atoms with Gasteiger partial charge in [0.05, 0.1) is 39.9 Å². The van der Waals surface area contributed by atoms with Crippen LogP contribution >= 0.6 is 0 Å². The second-order valence-electron chi connectivity index (χ2n) is 8.92. The molecule has 0 aromatic heterocycles. The SMILES string of the molecule is O=C(O)c1ccc2c(c1)C(=O)N(c1ccc(N3C(=O)C4C5CCC(C5)C4C3=O)cc1)C2=O.